The Morgan fingerprint density at radius 3 is 2.43 bits per heavy atom. The first-order valence-corrected chi connectivity index (χ1v) is 8.21. The van der Waals surface area contributed by atoms with Gasteiger partial charge in [-0.05, 0) is 37.5 Å². The SMILES string of the molecule is COc1ccc(C(=O)NC(C)CC(C)C)cc1S(N)(=O)=O. The number of rotatable bonds is 6. The number of carbonyl (C=O) groups is 1. The van der Waals surface area contributed by atoms with Crippen LogP contribution in [0.4, 0.5) is 0 Å². The van der Waals surface area contributed by atoms with Crippen molar-refractivity contribution in [2.24, 2.45) is 11.1 Å². The molecule has 0 fully saturated rings. The Morgan fingerprint density at radius 2 is 1.95 bits per heavy atom. The van der Waals surface area contributed by atoms with Crippen LogP contribution in [-0.4, -0.2) is 27.5 Å². The maximum absolute atomic E-state index is 12.1. The summed E-state index contributed by atoms with van der Waals surface area (Å²) in [5.41, 5.74) is 0.232. The molecule has 0 aliphatic carbocycles. The minimum absolute atomic E-state index is 0.00228. The van der Waals surface area contributed by atoms with Gasteiger partial charge in [-0.15, -0.1) is 0 Å². The predicted octanol–water partition coefficient (Wildman–Crippen LogP) is 1.51. The summed E-state index contributed by atoms with van der Waals surface area (Å²) in [6, 6.07) is 4.15. The van der Waals surface area contributed by atoms with Gasteiger partial charge < -0.3 is 10.1 Å². The monoisotopic (exact) mass is 314 g/mol. The highest BCUT2D eigenvalue weighted by molar-refractivity contribution is 7.89. The lowest BCUT2D eigenvalue weighted by Crippen LogP contribution is -2.33. The van der Waals surface area contributed by atoms with Gasteiger partial charge >= 0.3 is 0 Å². The molecule has 0 aliphatic rings. The third-order valence-electron chi connectivity index (χ3n) is 2.93. The molecule has 0 saturated carbocycles. The van der Waals surface area contributed by atoms with Gasteiger partial charge in [-0.1, -0.05) is 13.8 Å². The van der Waals surface area contributed by atoms with Crippen molar-refractivity contribution in [2.45, 2.75) is 38.1 Å². The zero-order valence-electron chi connectivity index (χ0n) is 12.7. The quantitative estimate of drug-likeness (QED) is 0.831. The molecule has 1 amide bonds. The van der Waals surface area contributed by atoms with Crippen molar-refractivity contribution in [3.63, 3.8) is 0 Å². The van der Waals surface area contributed by atoms with Gasteiger partial charge in [0.1, 0.15) is 10.6 Å². The molecule has 21 heavy (non-hydrogen) atoms. The summed E-state index contributed by atoms with van der Waals surface area (Å²) in [7, 11) is -2.61. The molecule has 1 aromatic carbocycles. The van der Waals surface area contributed by atoms with E-state index in [1.807, 2.05) is 6.92 Å². The van der Waals surface area contributed by atoms with Crippen LogP contribution in [0.25, 0.3) is 0 Å². The zero-order valence-corrected chi connectivity index (χ0v) is 13.5. The largest absolute Gasteiger partial charge is 0.495 e. The van der Waals surface area contributed by atoms with Crippen molar-refractivity contribution >= 4 is 15.9 Å². The van der Waals surface area contributed by atoms with E-state index in [0.29, 0.717) is 5.92 Å². The second kappa shape index (κ2) is 6.91. The molecular formula is C14H22N2O4S. The average molecular weight is 314 g/mol. The van der Waals surface area contributed by atoms with Crippen LogP contribution in [0.2, 0.25) is 0 Å². The first-order valence-electron chi connectivity index (χ1n) is 6.66. The van der Waals surface area contributed by atoms with Gasteiger partial charge in [0.2, 0.25) is 10.0 Å². The predicted molar refractivity (Wildman–Crippen MR) is 80.8 cm³/mol. The van der Waals surface area contributed by atoms with Crippen molar-refractivity contribution in [3.8, 4) is 5.75 Å². The molecule has 6 nitrogen and oxygen atoms in total. The molecule has 0 aliphatic heterocycles. The first kappa shape index (κ1) is 17.5. The number of sulfonamides is 1. The van der Waals surface area contributed by atoms with Gasteiger partial charge in [-0.25, -0.2) is 13.6 Å². The van der Waals surface area contributed by atoms with Gasteiger partial charge in [0.05, 0.1) is 7.11 Å². The Bertz CT molecular complexity index is 611. The highest BCUT2D eigenvalue weighted by Gasteiger charge is 2.19. The maximum atomic E-state index is 12.1. The smallest absolute Gasteiger partial charge is 0.251 e. The van der Waals surface area contributed by atoms with Gasteiger partial charge in [-0.2, -0.15) is 0 Å². The van der Waals surface area contributed by atoms with E-state index in [-0.39, 0.29) is 28.2 Å². The lowest BCUT2D eigenvalue weighted by molar-refractivity contribution is 0.0936. The number of ether oxygens (including phenoxy) is 1. The van der Waals surface area contributed by atoms with Crippen LogP contribution in [-0.2, 0) is 10.0 Å². The number of carbonyl (C=O) groups excluding carboxylic acids is 1. The Hall–Kier alpha value is -1.60. The van der Waals surface area contributed by atoms with Crippen molar-refractivity contribution in [1.29, 1.82) is 0 Å². The number of hydrogen-bond donors (Lipinski definition) is 2. The van der Waals surface area contributed by atoms with Gasteiger partial charge in [-0.3, -0.25) is 4.79 Å². The van der Waals surface area contributed by atoms with E-state index in [1.54, 1.807) is 0 Å². The number of nitrogens with two attached hydrogens (primary N) is 1. The molecule has 0 aromatic heterocycles. The first-order chi connectivity index (χ1) is 9.65. The van der Waals surface area contributed by atoms with Crippen LogP contribution in [0, 0.1) is 5.92 Å². The van der Waals surface area contributed by atoms with Crippen molar-refractivity contribution in [1.82, 2.24) is 5.32 Å². The molecule has 118 valence electrons. The summed E-state index contributed by atoms with van der Waals surface area (Å²) in [5.74, 6) is 0.233. The molecule has 3 N–H and O–H groups in total. The van der Waals surface area contributed by atoms with Gasteiger partial charge in [0.15, 0.2) is 0 Å². The minimum Gasteiger partial charge on any atom is -0.495 e. The fourth-order valence-corrected chi connectivity index (χ4v) is 2.84. The van der Waals surface area contributed by atoms with E-state index < -0.39 is 10.0 Å². The molecule has 0 heterocycles. The topological polar surface area (TPSA) is 98.5 Å². The van der Waals surface area contributed by atoms with Crippen molar-refractivity contribution in [2.75, 3.05) is 7.11 Å². The average Bonchev–Trinajstić information content (AvgIpc) is 2.35. The van der Waals surface area contributed by atoms with E-state index in [4.69, 9.17) is 9.88 Å². The number of hydrogen-bond acceptors (Lipinski definition) is 4. The Balaban J connectivity index is 3.02. The Morgan fingerprint density at radius 1 is 1.33 bits per heavy atom. The summed E-state index contributed by atoms with van der Waals surface area (Å²) in [6.45, 7) is 6.03. The number of primary sulfonamides is 1. The number of amides is 1. The molecule has 0 radical (unpaired) electrons. The molecule has 0 saturated heterocycles. The van der Waals surface area contributed by atoms with Crippen LogP contribution in [0.3, 0.4) is 0 Å². The normalized spacial score (nSPS) is 13.0. The Kier molecular flexibility index (Phi) is 5.74. The van der Waals surface area contributed by atoms with E-state index in [0.717, 1.165) is 6.42 Å². The molecule has 1 atom stereocenters. The lowest BCUT2D eigenvalue weighted by Gasteiger charge is -2.16. The summed E-state index contributed by atoms with van der Waals surface area (Å²) >= 11 is 0. The van der Waals surface area contributed by atoms with Crippen LogP contribution in [0.1, 0.15) is 37.6 Å². The number of nitrogens with one attached hydrogen (secondary N) is 1. The highest BCUT2D eigenvalue weighted by Crippen LogP contribution is 2.23. The number of benzene rings is 1. The molecule has 1 rings (SSSR count). The maximum Gasteiger partial charge on any atom is 0.251 e. The van der Waals surface area contributed by atoms with Crippen LogP contribution in [0.5, 0.6) is 5.75 Å². The third-order valence-corrected chi connectivity index (χ3v) is 3.87. The van der Waals surface area contributed by atoms with E-state index in [9.17, 15) is 13.2 Å². The van der Waals surface area contributed by atoms with Gasteiger partial charge in [0, 0.05) is 11.6 Å². The molecule has 0 bridgehead atoms. The molecular weight excluding hydrogens is 292 g/mol. The summed E-state index contributed by atoms with van der Waals surface area (Å²) < 4.78 is 28.0. The van der Waals surface area contributed by atoms with Crippen LogP contribution >= 0.6 is 0 Å². The fraction of sp³-hybridized carbons (Fsp3) is 0.500. The Labute approximate surface area is 125 Å². The minimum atomic E-state index is -3.95. The molecule has 0 spiro atoms. The van der Waals surface area contributed by atoms with Crippen molar-refractivity contribution in [3.05, 3.63) is 23.8 Å². The summed E-state index contributed by atoms with van der Waals surface area (Å²) in [6.07, 6.45) is 0.837. The fourth-order valence-electron chi connectivity index (χ4n) is 2.11. The molecule has 1 aromatic rings. The van der Waals surface area contributed by atoms with E-state index >= 15 is 0 Å². The molecule has 7 heteroatoms. The van der Waals surface area contributed by atoms with E-state index in [2.05, 4.69) is 19.2 Å². The third kappa shape index (κ3) is 5.02. The second-order valence-electron chi connectivity index (χ2n) is 5.41. The van der Waals surface area contributed by atoms with Crippen LogP contribution in [0.15, 0.2) is 23.1 Å². The highest BCUT2D eigenvalue weighted by atomic mass is 32.2. The van der Waals surface area contributed by atoms with Gasteiger partial charge in [0.25, 0.3) is 5.91 Å². The number of methoxy groups -OCH3 is 1. The summed E-state index contributed by atoms with van der Waals surface area (Å²) in [5, 5.41) is 7.96. The van der Waals surface area contributed by atoms with Crippen molar-refractivity contribution < 1.29 is 17.9 Å². The lowest BCUT2D eigenvalue weighted by atomic mass is 10.0. The van der Waals surface area contributed by atoms with Crippen LogP contribution < -0.4 is 15.2 Å². The van der Waals surface area contributed by atoms with E-state index in [1.165, 1.54) is 25.3 Å². The standard InChI is InChI=1S/C14H22N2O4S/c1-9(2)7-10(3)16-14(17)11-5-6-12(20-4)13(8-11)21(15,18)19/h5-6,8-10H,7H2,1-4H3,(H,16,17)(H2,15,18,19). The zero-order chi connectivity index (χ0) is 16.2. The molecule has 1 unspecified atom stereocenters. The second-order valence-corrected chi connectivity index (χ2v) is 6.94. The summed E-state index contributed by atoms with van der Waals surface area (Å²) in [4.78, 5) is 11.9.